The van der Waals surface area contributed by atoms with Crippen molar-refractivity contribution in [2.75, 3.05) is 0 Å². The SMILES string of the molecule is [CH3-].[Y].[Y].[Y].[Y].[Y].[Y].[Y].[Y].[Y].[Y].[Y].[Y].[Y]. The standard InChI is InChI=1S/CH3.13Y/h1H3;;;;;;;;;;;;;/q-1;;;;;;;;;;;;;. The molecule has 0 aliphatic carbocycles. The third-order valence-corrected chi connectivity index (χ3v) is 0. The van der Waals surface area contributed by atoms with E-state index in [-0.39, 0.29) is 433 Å². The van der Waals surface area contributed by atoms with Crippen molar-refractivity contribution in [3.05, 3.63) is 7.43 Å². The second kappa shape index (κ2) is 92.2. The summed E-state index contributed by atoms with van der Waals surface area (Å²) in [6.45, 7) is 0. The molecule has 0 N–H and O–H groups in total. The molecule has 0 amide bonds. The summed E-state index contributed by atoms with van der Waals surface area (Å²) >= 11 is 0. The van der Waals surface area contributed by atoms with E-state index in [0.29, 0.717) is 0 Å². The van der Waals surface area contributed by atoms with Gasteiger partial charge < -0.3 is 7.43 Å². The smallest absolute Gasteiger partial charge is 0 e. The van der Waals surface area contributed by atoms with E-state index in [2.05, 4.69) is 0 Å². The molecule has 0 aliphatic heterocycles. The largest absolute Gasteiger partial charge is 0.358 e. The molecule has 0 aromatic heterocycles. The molecule has 0 aliphatic rings. The van der Waals surface area contributed by atoms with Gasteiger partial charge in [0.25, 0.3) is 0 Å². The normalized spacial score (nSPS) is 0. The van der Waals surface area contributed by atoms with Gasteiger partial charge in [0, 0.05) is 425 Å². The van der Waals surface area contributed by atoms with E-state index >= 15 is 0 Å². The van der Waals surface area contributed by atoms with Gasteiger partial charge >= 0.3 is 0 Å². The van der Waals surface area contributed by atoms with Crippen LogP contribution in [0, 0.1) is 7.43 Å². The van der Waals surface area contributed by atoms with Crippen molar-refractivity contribution in [1.82, 2.24) is 0 Å². The van der Waals surface area contributed by atoms with Crippen molar-refractivity contribution in [3.8, 4) is 0 Å². The Labute approximate surface area is 417 Å². The third-order valence-electron chi connectivity index (χ3n) is 0. The van der Waals surface area contributed by atoms with Crippen LogP contribution < -0.4 is 0 Å². The topological polar surface area (TPSA) is 0 Å². The molecular weight excluding hydrogens is 1170 g/mol. The quantitative estimate of drug-likeness (QED) is 0.310. The van der Waals surface area contributed by atoms with Crippen molar-refractivity contribution >= 4 is 0 Å². The Balaban J connectivity index is 0. The maximum absolute atomic E-state index is 0. The van der Waals surface area contributed by atoms with E-state index in [4.69, 9.17) is 0 Å². The second-order valence-electron chi connectivity index (χ2n) is 0. The number of rotatable bonds is 0. The van der Waals surface area contributed by atoms with Crippen LogP contribution in [0.25, 0.3) is 0 Å². The molecule has 13 heteroatoms. The van der Waals surface area contributed by atoms with Gasteiger partial charge in [-0.05, 0) is 0 Å². The van der Waals surface area contributed by atoms with Crippen molar-refractivity contribution in [1.29, 1.82) is 0 Å². The summed E-state index contributed by atoms with van der Waals surface area (Å²) in [6.07, 6.45) is 0. The van der Waals surface area contributed by atoms with Crippen LogP contribution in [0.3, 0.4) is 0 Å². The van der Waals surface area contributed by atoms with Crippen LogP contribution in [-0.2, 0) is 425 Å². The molecule has 0 unspecified atom stereocenters. The van der Waals surface area contributed by atoms with Gasteiger partial charge in [-0.15, -0.1) is 0 Å². The Morgan fingerprint density at radius 1 is 0.143 bits per heavy atom. The van der Waals surface area contributed by atoms with E-state index in [0.717, 1.165) is 0 Å². The Bertz CT molecular complexity index is 5.20. The first-order chi connectivity index (χ1) is 0. The first-order valence-electron chi connectivity index (χ1n) is 0. The fraction of sp³-hybridized carbons (Fsp3) is 0. The van der Waals surface area contributed by atoms with Crippen molar-refractivity contribution < 1.29 is 425 Å². The number of hydrogen-bond acceptors (Lipinski definition) is 0. The summed E-state index contributed by atoms with van der Waals surface area (Å²) in [6, 6.07) is 0. The Kier molecular flexibility index (Phi) is 678. The summed E-state index contributed by atoms with van der Waals surface area (Å²) in [5, 5.41) is 0. The molecule has 14 heavy (non-hydrogen) atoms. The molecule has 0 spiro atoms. The first-order valence-corrected chi connectivity index (χ1v) is 0. The van der Waals surface area contributed by atoms with E-state index in [1.807, 2.05) is 0 Å². The van der Waals surface area contributed by atoms with E-state index in [1.54, 1.807) is 0 Å². The minimum Gasteiger partial charge on any atom is -0.358 e. The molecule has 0 aromatic carbocycles. The van der Waals surface area contributed by atoms with Gasteiger partial charge in [0.05, 0.1) is 0 Å². The van der Waals surface area contributed by atoms with E-state index in [1.165, 1.54) is 0 Å². The average Bonchev–Trinajstić information content (AvgIpc) is 0. The van der Waals surface area contributed by atoms with Crippen LogP contribution in [0.1, 0.15) is 0 Å². The molecular formula is CH3Y13-. The van der Waals surface area contributed by atoms with Gasteiger partial charge in [-0.3, -0.25) is 0 Å². The Hall–Kier alpha value is 14.4. The van der Waals surface area contributed by atoms with Crippen molar-refractivity contribution in [2.45, 2.75) is 0 Å². The summed E-state index contributed by atoms with van der Waals surface area (Å²) in [7, 11) is 0. The van der Waals surface area contributed by atoms with Crippen LogP contribution in [0.5, 0.6) is 0 Å². The van der Waals surface area contributed by atoms with Crippen LogP contribution in [0.4, 0.5) is 0 Å². The maximum atomic E-state index is 0. The van der Waals surface area contributed by atoms with Crippen LogP contribution >= 0.6 is 0 Å². The molecule has 0 saturated heterocycles. The fourth-order valence-electron chi connectivity index (χ4n) is 0. The van der Waals surface area contributed by atoms with Crippen molar-refractivity contribution in [3.63, 3.8) is 0 Å². The molecule has 47 valence electrons. The van der Waals surface area contributed by atoms with Gasteiger partial charge in [-0.25, -0.2) is 0 Å². The predicted octanol–water partition coefficient (Wildman–Crippen LogP) is 0.418. The second-order valence-corrected chi connectivity index (χ2v) is 0. The van der Waals surface area contributed by atoms with Gasteiger partial charge in [0.2, 0.25) is 0 Å². The molecule has 0 saturated carbocycles. The van der Waals surface area contributed by atoms with Gasteiger partial charge in [0.15, 0.2) is 0 Å². The summed E-state index contributed by atoms with van der Waals surface area (Å²) < 4.78 is 0. The van der Waals surface area contributed by atoms with E-state index in [9.17, 15) is 0 Å². The third kappa shape index (κ3) is 82.2. The predicted molar refractivity (Wildman–Crippen MR) is 6.41 cm³/mol. The first kappa shape index (κ1) is 103. The molecule has 0 nitrogen and oxygen atoms in total. The molecule has 0 heterocycles. The van der Waals surface area contributed by atoms with Gasteiger partial charge in [-0.2, -0.15) is 0 Å². The monoisotopic (exact) mass is 1170 g/mol. The van der Waals surface area contributed by atoms with E-state index < -0.39 is 0 Å². The molecule has 0 rings (SSSR count). The van der Waals surface area contributed by atoms with Crippen LogP contribution in [0.15, 0.2) is 0 Å². The Morgan fingerprint density at radius 3 is 0.143 bits per heavy atom. The molecule has 0 bridgehead atoms. The van der Waals surface area contributed by atoms with Crippen molar-refractivity contribution in [2.24, 2.45) is 0 Å². The van der Waals surface area contributed by atoms with Gasteiger partial charge in [-0.1, -0.05) is 0 Å². The fourth-order valence-corrected chi connectivity index (χ4v) is 0. The Morgan fingerprint density at radius 2 is 0.143 bits per heavy atom. The molecule has 0 fully saturated rings. The number of hydrogen-bond donors (Lipinski definition) is 0. The minimum absolute atomic E-state index is 0. The average molecular weight is 1170 g/mol. The molecule has 0 aromatic rings. The molecule has 13 radical (unpaired) electrons. The van der Waals surface area contributed by atoms with Crippen LogP contribution in [-0.4, -0.2) is 0 Å². The van der Waals surface area contributed by atoms with Crippen LogP contribution in [0.2, 0.25) is 0 Å². The summed E-state index contributed by atoms with van der Waals surface area (Å²) in [5.74, 6) is 0. The van der Waals surface area contributed by atoms with Gasteiger partial charge in [0.1, 0.15) is 0 Å². The zero-order chi connectivity index (χ0) is 0. The summed E-state index contributed by atoms with van der Waals surface area (Å²) in [5.41, 5.74) is 0. The zero-order valence-corrected chi connectivity index (χ0v) is 45.4. The zero-order valence-electron chi connectivity index (χ0n) is 8.51. The summed E-state index contributed by atoms with van der Waals surface area (Å²) in [4.78, 5) is 0. The minimum atomic E-state index is 0. The maximum Gasteiger partial charge on any atom is 0 e. The molecule has 0 atom stereocenters.